The second-order valence-corrected chi connectivity index (χ2v) is 7.70. The zero-order chi connectivity index (χ0) is 22.0. The van der Waals surface area contributed by atoms with Crippen LogP contribution in [0.25, 0.3) is 11.1 Å². The molecule has 31 heavy (non-hydrogen) atoms. The van der Waals surface area contributed by atoms with Crippen molar-refractivity contribution in [2.24, 2.45) is 0 Å². The SMILES string of the molecule is Cc1ccc(CC(NC(=O)OCC2c3ccccc3-c3ccccc32)C(=O)O)c(O)c1. The molecule has 1 atom stereocenters. The van der Waals surface area contributed by atoms with Gasteiger partial charge in [0.2, 0.25) is 0 Å². The third-order valence-electron chi connectivity index (χ3n) is 5.60. The highest BCUT2D eigenvalue weighted by Gasteiger charge is 2.30. The molecule has 3 aromatic rings. The third kappa shape index (κ3) is 4.23. The molecular weight excluding hydrogens is 394 g/mol. The fourth-order valence-corrected chi connectivity index (χ4v) is 4.05. The molecule has 0 aliphatic heterocycles. The number of nitrogens with one attached hydrogen (secondary N) is 1. The molecule has 3 N–H and O–H groups in total. The molecule has 0 heterocycles. The quantitative estimate of drug-likeness (QED) is 0.558. The number of hydrogen-bond acceptors (Lipinski definition) is 4. The van der Waals surface area contributed by atoms with E-state index >= 15 is 0 Å². The number of aliphatic carboxylic acids is 1. The smallest absolute Gasteiger partial charge is 0.407 e. The van der Waals surface area contributed by atoms with Crippen LogP contribution in [0.1, 0.15) is 28.2 Å². The number of amides is 1. The Bertz CT molecular complexity index is 1090. The van der Waals surface area contributed by atoms with Crippen LogP contribution in [0.5, 0.6) is 5.75 Å². The van der Waals surface area contributed by atoms with E-state index in [0.717, 1.165) is 27.8 Å². The van der Waals surface area contributed by atoms with Crippen LogP contribution in [-0.4, -0.2) is 34.9 Å². The van der Waals surface area contributed by atoms with E-state index < -0.39 is 18.1 Å². The van der Waals surface area contributed by atoms with Gasteiger partial charge in [0, 0.05) is 12.3 Å². The minimum Gasteiger partial charge on any atom is -0.508 e. The summed E-state index contributed by atoms with van der Waals surface area (Å²) in [6.07, 6.45) is -0.855. The summed E-state index contributed by atoms with van der Waals surface area (Å²) in [4.78, 5) is 24.1. The summed E-state index contributed by atoms with van der Waals surface area (Å²) in [5.74, 6) is -1.31. The lowest BCUT2D eigenvalue weighted by Crippen LogP contribution is -2.42. The van der Waals surface area contributed by atoms with Crippen molar-refractivity contribution in [3.63, 3.8) is 0 Å². The van der Waals surface area contributed by atoms with Gasteiger partial charge in [0.15, 0.2) is 0 Å². The summed E-state index contributed by atoms with van der Waals surface area (Å²) in [6, 6.07) is 19.7. The molecule has 0 bridgehead atoms. The summed E-state index contributed by atoms with van der Waals surface area (Å²) in [5, 5.41) is 22.0. The average molecular weight is 417 g/mol. The van der Waals surface area contributed by atoms with Crippen molar-refractivity contribution in [1.29, 1.82) is 0 Å². The van der Waals surface area contributed by atoms with Crippen LogP contribution in [-0.2, 0) is 16.0 Å². The van der Waals surface area contributed by atoms with E-state index in [2.05, 4.69) is 5.32 Å². The monoisotopic (exact) mass is 417 g/mol. The highest BCUT2D eigenvalue weighted by atomic mass is 16.5. The van der Waals surface area contributed by atoms with Gasteiger partial charge in [-0.2, -0.15) is 0 Å². The lowest BCUT2D eigenvalue weighted by molar-refractivity contribution is -0.139. The van der Waals surface area contributed by atoms with Gasteiger partial charge in [0.1, 0.15) is 18.4 Å². The second kappa shape index (κ2) is 8.52. The van der Waals surface area contributed by atoms with Gasteiger partial charge >= 0.3 is 12.1 Å². The maximum Gasteiger partial charge on any atom is 0.407 e. The Morgan fingerprint density at radius 3 is 2.19 bits per heavy atom. The summed E-state index contributed by atoms with van der Waals surface area (Å²) in [7, 11) is 0. The maximum atomic E-state index is 12.4. The number of carboxylic acids is 1. The molecule has 0 saturated heterocycles. The van der Waals surface area contributed by atoms with Crippen LogP contribution in [0.15, 0.2) is 66.7 Å². The van der Waals surface area contributed by atoms with E-state index in [-0.39, 0.29) is 24.7 Å². The molecule has 1 amide bonds. The number of fused-ring (bicyclic) bond motifs is 3. The molecule has 0 fully saturated rings. The number of phenols is 1. The number of hydrogen-bond donors (Lipinski definition) is 3. The highest BCUT2D eigenvalue weighted by Crippen LogP contribution is 2.44. The summed E-state index contributed by atoms with van der Waals surface area (Å²) >= 11 is 0. The van der Waals surface area contributed by atoms with Crippen LogP contribution < -0.4 is 5.32 Å². The fourth-order valence-electron chi connectivity index (χ4n) is 4.05. The van der Waals surface area contributed by atoms with Gasteiger partial charge in [-0.25, -0.2) is 9.59 Å². The Morgan fingerprint density at radius 1 is 1.00 bits per heavy atom. The largest absolute Gasteiger partial charge is 0.508 e. The highest BCUT2D eigenvalue weighted by molar-refractivity contribution is 5.81. The van der Waals surface area contributed by atoms with Gasteiger partial charge < -0.3 is 20.3 Å². The molecule has 1 aliphatic rings. The van der Waals surface area contributed by atoms with E-state index in [4.69, 9.17) is 4.74 Å². The number of carboxylic acid groups (broad SMARTS) is 1. The first-order valence-corrected chi connectivity index (χ1v) is 10.1. The van der Waals surface area contributed by atoms with Gasteiger partial charge in [-0.15, -0.1) is 0 Å². The standard InChI is InChI=1S/C25H23NO5/c1-15-10-11-16(23(27)12-15)13-22(24(28)29)26-25(30)31-14-21-19-8-4-2-6-17(19)18-7-3-5-9-20(18)21/h2-12,21-22,27H,13-14H2,1H3,(H,26,30)(H,28,29). The molecule has 0 aromatic heterocycles. The molecule has 3 aromatic carbocycles. The number of aryl methyl sites for hydroxylation is 1. The van der Waals surface area contributed by atoms with Crippen molar-refractivity contribution in [3.05, 3.63) is 89.0 Å². The Labute approximate surface area is 180 Å². The predicted molar refractivity (Wildman–Crippen MR) is 116 cm³/mol. The molecule has 6 nitrogen and oxygen atoms in total. The number of benzene rings is 3. The molecule has 1 unspecified atom stereocenters. The second-order valence-electron chi connectivity index (χ2n) is 7.70. The maximum absolute atomic E-state index is 12.4. The van der Waals surface area contributed by atoms with Crippen LogP contribution in [0.2, 0.25) is 0 Å². The number of carbonyl (C=O) groups is 2. The van der Waals surface area contributed by atoms with Crippen molar-refractivity contribution in [2.75, 3.05) is 6.61 Å². The van der Waals surface area contributed by atoms with Crippen LogP contribution in [0.3, 0.4) is 0 Å². The number of phenolic OH excluding ortho intramolecular Hbond substituents is 1. The van der Waals surface area contributed by atoms with E-state index in [0.29, 0.717) is 5.56 Å². The first kappa shape index (κ1) is 20.5. The molecule has 1 aliphatic carbocycles. The number of rotatable bonds is 6. The fraction of sp³-hybridized carbons (Fsp3) is 0.200. The van der Waals surface area contributed by atoms with Crippen LogP contribution >= 0.6 is 0 Å². The molecule has 6 heteroatoms. The first-order chi connectivity index (χ1) is 14.9. The zero-order valence-corrected chi connectivity index (χ0v) is 17.0. The molecule has 0 radical (unpaired) electrons. The van der Waals surface area contributed by atoms with Crippen molar-refractivity contribution in [3.8, 4) is 16.9 Å². The summed E-state index contributed by atoms with van der Waals surface area (Å²) in [5.41, 5.74) is 5.69. The van der Waals surface area contributed by atoms with E-state index in [1.807, 2.05) is 55.5 Å². The van der Waals surface area contributed by atoms with Gasteiger partial charge in [0.25, 0.3) is 0 Å². The number of carbonyl (C=O) groups excluding carboxylic acids is 1. The summed E-state index contributed by atoms with van der Waals surface area (Å²) < 4.78 is 5.43. The Morgan fingerprint density at radius 2 is 1.61 bits per heavy atom. The molecular formula is C25H23NO5. The van der Waals surface area contributed by atoms with Gasteiger partial charge in [0.05, 0.1) is 0 Å². The molecule has 4 rings (SSSR count). The van der Waals surface area contributed by atoms with Crippen LogP contribution in [0.4, 0.5) is 4.79 Å². The van der Waals surface area contributed by atoms with E-state index in [1.54, 1.807) is 18.2 Å². The topological polar surface area (TPSA) is 95.9 Å². The third-order valence-corrected chi connectivity index (χ3v) is 5.60. The molecule has 158 valence electrons. The molecule has 0 spiro atoms. The number of ether oxygens (including phenoxy) is 1. The van der Waals surface area contributed by atoms with Gasteiger partial charge in [-0.1, -0.05) is 60.7 Å². The minimum atomic E-state index is -1.22. The van der Waals surface area contributed by atoms with Gasteiger partial charge in [-0.3, -0.25) is 0 Å². The Hall–Kier alpha value is -3.80. The first-order valence-electron chi connectivity index (χ1n) is 10.1. The van der Waals surface area contributed by atoms with Crippen molar-refractivity contribution in [2.45, 2.75) is 25.3 Å². The van der Waals surface area contributed by atoms with Crippen molar-refractivity contribution >= 4 is 12.1 Å². The predicted octanol–water partition coefficient (Wildman–Crippen LogP) is 4.24. The van der Waals surface area contributed by atoms with E-state index in [1.165, 1.54) is 0 Å². The van der Waals surface area contributed by atoms with Crippen molar-refractivity contribution in [1.82, 2.24) is 5.32 Å². The van der Waals surface area contributed by atoms with Crippen molar-refractivity contribution < 1.29 is 24.5 Å². The summed E-state index contributed by atoms with van der Waals surface area (Å²) in [6.45, 7) is 1.93. The minimum absolute atomic E-state index is 0.000544. The average Bonchev–Trinajstić information content (AvgIpc) is 3.07. The van der Waals surface area contributed by atoms with Crippen LogP contribution in [0, 0.1) is 6.92 Å². The number of aromatic hydroxyl groups is 1. The lowest BCUT2D eigenvalue weighted by Gasteiger charge is -2.18. The Balaban J connectivity index is 1.44. The lowest BCUT2D eigenvalue weighted by atomic mass is 9.98. The van der Waals surface area contributed by atoms with Gasteiger partial charge in [-0.05, 0) is 46.4 Å². The molecule has 0 saturated carbocycles. The number of alkyl carbamates (subject to hydrolysis) is 1. The normalized spacial score (nSPS) is 13.2. The Kier molecular flexibility index (Phi) is 5.62. The van der Waals surface area contributed by atoms with E-state index in [9.17, 15) is 19.8 Å². The zero-order valence-electron chi connectivity index (χ0n) is 17.0.